The van der Waals surface area contributed by atoms with Gasteiger partial charge in [-0.2, -0.15) is 0 Å². The molecule has 2 nitrogen and oxygen atoms in total. The molecule has 4 heteroatoms. The van der Waals surface area contributed by atoms with E-state index in [1.54, 1.807) is 18.2 Å². The molecule has 0 radical (unpaired) electrons. The first kappa shape index (κ1) is 18.8. The minimum absolute atomic E-state index is 0.216. The average Bonchev–Trinajstić information content (AvgIpc) is 3.08. The highest BCUT2D eigenvalue weighted by atomic mass is 19.1. The van der Waals surface area contributed by atoms with Crippen molar-refractivity contribution < 1.29 is 8.78 Å². The minimum atomic E-state index is -0.222. The van der Waals surface area contributed by atoms with Gasteiger partial charge in [-0.15, -0.1) is 0 Å². The van der Waals surface area contributed by atoms with Crippen molar-refractivity contribution in [2.45, 2.75) is 26.2 Å². The molecule has 0 bridgehead atoms. The van der Waals surface area contributed by atoms with Gasteiger partial charge in [-0.25, -0.2) is 8.78 Å². The quantitative estimate of drug-likeness (QED) is 0.595. The number of halogens is 2. The van der Waals surface area contributed by atoms with Crippen LogP contribution in [0.15, 0.2) is 72.8 Å². The maximum Gasteiger partial charge on any atom is 0.129 e. The maximum atomic E-state index is 14.7. The predicted molar refractivity (Wildman–Crippen MR) is 108 cm³/mol. The summed E-state index contributed by atoms with van der Waals surface area (Å²) in [6, 6.07) is 22.0. The first-order chi connectivity index (χ1) is 13.6. The molecule has 0 N–H and O–H groups in total. The molecule has 4 rings (SSSR count). The molecule has 0 unspecified atom stereocenters. The summed E-state index contributed by atoms with van der Waals surface area (Å²) in [5, 5.41) is 0. The van der Waals surface area contributed by atoms with Crippen LogP contribution in [0.4, 0.5) is 8.78 Å². The van der Waals surface area contributed by atoms with E-state index in [9.17, 15) is 8.78 Å². The molecular formula is C24H24F2N2. The van der Waals surface area contributed by atoms with Gasteiger partial charge < -0.3 is 0 Å². The standard InChI is InChI=1S/C24H24F2N2/c1-18-8-2-3-9-19(18)16-27-14-15-28(17-20-10-4-6-12-22(20)25)24(27)21-11-5-7-13-23(21)26/h2-13,24H,14-17H2,1H3/t24-/m1/s1. The molecule has 1 fully saturated rings. The molecule has 3 aromatic rings. The fraction of sp³-hybridized carbons (Fsp3) is 0.250. The summed E-state index contributed by atoms with van der Waals surface area (Å²) in [4.78, 5) is 4.44. The molecule has 1 aliphatic rings. The van der Waals surface area contributed by atoms with Crippen molar-refractivity contribution in [2.75, 3.05) is 13.1 Å². The molecular weight excluding hydrogens is 354 g/mol. The van der Waals surface area contributed by atoms with Crippen molar-refractivity contribution in [2.24, 2.45) is 0 Å². The second kappa shape index (κ2) is 8.21. The smallest absolute Gasteiger partial charge is 0.129 e. The number of benzene rings is 3. The Morgan fingerprint density at radius 3 is 1.89 bits per heavy atom. The SMILES string of the molecule is Cc1ccccc1CN1CCN(Cc2ccccc2F)[C@@H]1c1ccccc1F. The van der Waals surface area contributed by atoms with E-state index in [-0.39, 0.29) is 17.8 Å². The highest BCUT2D eigenvalue weighted by Crippen LogP contribution is 2.34. The van der Waals surface area contributed by atoms with Crippen molar-refractivity contribution in [1.29, 1.82) is 0 Å². The normalized spacial score (nSPS) is 17.9. The fourth-order valence-corrected chi connectivity index (χ4v) is 3.99. The number of aryl methyl sites for hydroxylation is 1. The Morgan fingerprint density at radius 1 is 0.714 bits per heavy atom. The largest absolute Gasteiger partial charge is 0.278 e. The molecule has 144 valence electrons. The van der Waals surface area contributed by atoms with E-state index in [1.165, 1.54) is 23.3 Å². The van der Waals surface area contributed by atoms with Crippen LogP contribution in [-0.4, -0.2) is 22.9 Å². The number of nitrogens with zero attached hydrogens (tertiary/aromatic N) is 2. The lowest BCUT2D eigenvalue weighted by Crippen LogP contribution is -2.31. The number of hydrogen-bond donors (Lipinski definition) is 0. The Balaban J connectivity index is 1.66. The molecule has 0 aliphatic carbocycles. The summed E-state index contributed by atoms with van der Waals surface area (Å²) in [5.41, 5.74) is 3.74. The molecule has 0 amide bonds. The Kier molecular flexibility index (Phi) is 5.51. The van der Waals surface area contributed by atoms with Crippen LogP contribution in [-0.2, 0) is 13.1 Å². The van der Waals surface area contributed by atoms with E-state index in [0.717, 1.165) is 19.6 Å². The number of hydrogen-bond acceptors (Lipinski definition) is 2. The van der Waals surface area contributed by atoms with E-state index in [0.29, 0.717) is 17.7 Å². The third-order valence-electron chi connectivity index (χ3n) is 5.52. The highest BCUT2D eigenvalue weighted by molar-refractivity contribution is 5.28. The van der Waals surface area contributed by atoms with Crippen molar-refractivity contribution >= 4 is 0 Å². The van der Waals surface area contributed by atoms with Crippen LogP contribution in [0.1, 0.15) is 28.4 Å². The molecule has 1 atom stereocenters. The molecule has 0 aromatic heterocycles. The lowest BCUT2D eigenvalue weighted by Gasteiger charge is -2.31. The van der Waals surface area contributed by atoms with E-state index < -0.39 is 0 Å². The summed E-state index contributed by atoms with van der Waals surface area (Å²) < 4.78 is 28.9. The van der Waals surface area contributed by atoms with E-state index in [4.69, 9.17) is 0 Å². The fourth-order valence-electron chi connectivity index (χ4n) is 3.99. The Hall–Kier alpha value is -2.56. The van der Waals surface area contributed by atoms with Gasteiger partial charge in [0.25, 0.3) is 0 Å². The molecule has 1 aliphatic heterocycles. The average molecular weight is 378 g/mol. The Labute approximate surface area is 165 Å². The first-order valence-corrected chi connectivity index (χ1v) is 9.64. The van der Waals surface area contributed by atoms with Crippen LogP contribution in [0.5, 0.6) is 0 Å². The zero-order chi connectivity index (χ0) is 19.5. The van der Waals surface area contributed by atoms with Crippen molar-refractivity contribution in [3.05, 3.63) is 107 Å². The van der Waals surface area contributed by atoms with E-state index in [1.807, 2.05) is 30.3 Å². The van der Waals surface area contributed by atoms with Crippen LogP contribution in [0, 0.1) is 18.6 Å². The van der Waals surface area contributed by atoms with Gasteiger partial charge in [0.2, 0.25) is 0 Å². The lowest BCUT2D eigenvalue weighted by molar-refractivity contribution is 0.121. The summed E-state index contributed by atoms with van der Waals surface area (Å²) in [6.07, 6.45) is -0.222. The van der Waals surface area contributed by atoms with Crippen LogP contribution in [0.2, 0.25) is 0 Å². The van der Waals surface area contributed by atoms with Gasteiger partial charge in [0.15, 0.2) is 0 Å². The molecule has 1 heterocycles. The zero-order valence-corrected chi connectivity index (χ0v) is 16.0. The maximum absolute atomic E-state index is 14.7. The minimum Gasteiger partial charge on any atom is -0.278 e. The summed E-state index contributed by atoms with van der Waals surface area (Å²) in [5.74, 6) is -0.435. The van der Waals surface area contributed by atoms with Crippen LogP contribution in [0.3, 0.4) is 0 Å². The second-order valence-corrected chi connectivity index (χ2v) is 7.35. The van der Waals surface area contributed by atoms with Gasteiger partial charge in [-0.3, -0.25) is 9.80 Å². The van der Waals surface area contributed by atoms with Crippen molar-refractivity contribution in [3.63, 3.8) is 0 Å². The summed E-state index contributed by atoms with van der Waals surface area (Å²) in [6.45, 7) is 4.86. The van der Waals surface area contributed by atoms with Gasteiger partial charge in [0.1, 0.15) is 11.6 Å². The monoisotopic (exact) mass is 378 g/mol. The third kappa shape index (κ3) is 3.84. The van der Waals surface area contributed by atoms with Gasteiger partial charge in [-0.05, 0) is 30.2 Å². The van der Waals surface area contributed by atoms with Crippen LogP contribution < -0.4 is 0 Å². The third-order valence-corrected chi connectivity index (χ3v) is 5.52. The lowest BCUT2D eigenvalue weighted by atomic mass is 10.1. The van der Waals surface area contributed by atoms with E-state index >= 15 is 0 Å². The molecule has 1 saturated heterocycles. The Bertz CT molecular complexity index is 901. The topological polar surface area (TPSA) is 6.48 Å². The molecule has 0 saturated carbocycles. The van der Waals surface area contributed by atoms with Crippen LogP contribution in [0.25, 0.3) is 0 Å². The van der Waals surface area contributed by atoms with Gasteiger partial charge in [-0.1, -0.05) is 60.7 Å². The van der Waals surface area contributed by atoms with E-state index in [2.05, 4.69) is 28.9 Å². The molecule has 28 heavy (non-hydrogen) atoms. The second-order valence-electron chi connectivity index (χ2n) is 7.35. The van der Waals surface area contributed by atoms with Crippen molar-refractivity contribution in [3.8, 4) is 0 Å². The number of rotatable bonds is 5. The van der Waals surface area contributed by atoms with Gasteiger partial charge >= 0.3 is 0 Å². The summed E-state index contributed by atoms with van der Waals surface area (Å²) in [7, 11) is 0. The molecule has 0 spiro atoms. The van der Waals surface area contributed by atoms with Crippen LogP contribution >= 0.6 is 0 Å². The summed E-state index contributed by atoms with van der Waals surface area (Å²) >= 11 is 0. The van der Waals surface area contributed by atoms with Gasteiger partial charge in [0, 0.05) is 37.3 Å². The molecule has 3 aromatic carbocycles. The highest BCUT2D eigenvalue weighted by Gasteiger charge is 2.35. The Morgan fingerprint density at radius 2 is 1.25 bits per heavy atom. The predicted octanol–water partition coefficient (Wildman–Crippen LogP) is 5.29. The van der Waals surface area contributed by atoms with Crippen molar-refractivity contribution in [1.82, 2.24) is 9.80 Å². The first-order valence-electron chi connectivity index (χ1n) is 9.64. The zero-order valence-electron chi connectivity index (χ0n) is 16.0. The van der Waals surface area contributed by atoms with Gasteiger partial charge in [0.05, 0.1) is 6.17 Å².